The Morgan fingerprint density at radius 3 is 2.67 bits per heavy atom. The van der Waals surface area contributed by atoms with Gasteiger partial charge in [-0.25, -0.2) is 13.2 Å². The van der Waals surface area contributed by atoms with E-state index in [2.05, 4.69) is 5.32 Å². The summed E-state index contributed by atoms with van der Waals surface area (Å²) in [7, 11) is -3.68. The van der Waals surface area contributed by atoms with Gasteiger partial charge < -0.3 is 10.4 Å². The lowest BCUT2D eigenvalue weighted by Crippen LogP contribution is -2.29. The molecule has 2 aliphatic heterocycles. The molecule has 0 spiro atoms. The van der Waals surface area contributed by atoms with E-state index >= 15 is 0 Å². The Morgan fingerprint density at radius 1 is 1.38 bits per heavy atom. The van der Waals surface area contributed by atoms with Crippen LogP contribution in [0.4, 0.5) is 5.69 Å². The van der Waals surface area contributed by atoms with Gasteiger partial charge in [0.05, 0.1) is 27.1 Å². The first-order chi connectivity index (χ1) is 11.2. The third kappa shape index (κ3) is 2.37. The van der Waals surface area contributed by atoms with Crippen LogP contribution in [0.5, 0.6) is 0 Å². The maximum atomic E-state index is 12.5. The molecule has 0 amide bonds. The van der Waals surface area contributed by atoms with Gasteiger partial charge in [-0.3, -0.25) is 10.1 Å². The highest BCUT2D eigenvalue weighted by Crippen LogP contribution is 2.46. The minimum Gasteiger partial charge on any atom is -0.478 e. The van der Waals surface area contributed by atoms with Crippen molar-refractivity contribution in [3.05, 3.63) is 61.8 Å². The average molecular weight is 350 g/mol. The van der Waals surface area contributed by atoms with Crippen LogP contribution in [0, 0.1) is 10.1 Å². The van der Waals surface area contributed by atoms with Gasteiger partial charge >= 0.3 is 5.97 Å². The lowest BCUT2D eigenvalue weighted by molar-refractivity contribution is -0.385. The Balaban J connectivity index is 2.33. The van der Waals surface area contributed by atoms with E-state index in [0.29, 0.717) is 11.4 Å². The second kappa shape index (κ2) is 5.45. The van der Waals surface area contributed by atoms with Gasteiger partial charge in [0.25, 0.3) is 5.69 Å². The zero-order valence-electron chi connectivity index (χ0n) is 12.6. The number of carboxylic acid groups (broad SMARTS) is 1. The lowest BCUT2D eigenvalue weighted by Gasteiger charge is -2.27. The molecule has 0 aromatic heterocycles. The van der Waals surface area contributed by atoms with Crippen LogP contribution < -0.4 is 5.32 Å². The van der Waals surface area contributed by atoms with Crippen molar-refractivity contribution in [3.63, 3.8) is 0 Å². The van der Waals surface area contributed by atoms with Crippen molar-refractivity contribution < 1.29 is 23.2 Å². The number of carbonyl (C=O) groups is 1. The number of nitrogens with one attached hydrogen (secondary N) is 1. The van der Waals surface area contributed by atoms with Gasteiger partial charge in [-0.1, -0.05) is 18.2 Å². The number of para-hydroxylation sites is 1. The minimum atomic E-state index is -3.68. The molecule has 2 N–H and O–H groups in total. The first-order valence-corrected chi connectivity index (χ1v) is 8.79. The Labute approximate surface area is 137 Å². The first-order valence-electron chi connectivity index (χ1n) is 7.14. The smallest absolute Gasteiger partial charge is 0.334 e. The third-order valence-corrected chi connectivity index (χ3v) is 6.12. The number of nitro groups is 1. The van der Waals surface area contributed by atoms with Gasteiger partial charge in [-0.05, 0) is 6.92 Å². The van der Waals surface area contributed by atoms with Crippen molar-refractivity contribution >= 4 is 21.5 Å². The van der Waals surface area contributed by atoms with E-state index < -0.39 is 26.6 Å². The van der Waals surface area contributed by atoms with E-state index in [1.165, 1.54) is 31.2 Å². The molecule has 0 saturated carbocycles. The van der Waals surface area contributed by atoms with Gasteiger partial charge in [0.1, 0.15) is 0 Å². The van der Waals surface area contributed by atoms with Gasteiger partial charge in [0, 0.05) is 29.4 Å². The summed E-state index contributed by atoms with van der Waals surface area (Å²) in [4.78, 5) is 22.4. The number of hydrogen-bond donors (Lipinski definition) is 2. The molecular formula is C15H14N2O6S. The number of hydrogen-bond acceptors (Lipinski definition) is 6. The average Bonchev–Trinajstić information content (AvgIpc) is 2.80. The van der Waals surface area contributed by atoms with Gasteiger partial charge in [0.15, 0.2) is 9.84 Å². The molecule has 8 nitrogen and oxygen atoms in total. The number of rotatable bonds is 3. The lowest BCUT2D eigenvalue weighted by atomic mass is 9.85. The molecule has 1 atom stereocenters. The van der Waals surface area contributed by atoms with Crippen LogP contribution in [0.3, 0.4) is 0 Å². The van der Waals surface area contributed by atoms with Crippen molar-refractivity contribution in [1.29, 1.82) is 0 Å². The number of aliphatic carboxylic acids is 1. The SMILES string of the molecule is CC1=C(C(=O)O)C(c2ccccc2[N+](=O)[O-])C2=C(CCS2(=O)=O)N1. The number of benzene rings is 1. The molecular weight excluding hydrogens is 336 g/mol. The highest BCUT2D eigenvalue weighted by atomic mass is 32.2. The highest BCUT2D eigenvalue weighted by Gasteiger charge is 2.45. The standard InChI is InChI=1S/C15H14N2O6S/c1-8-12(15(18)19)13(9-4-2-3-5-11(9)17(20)21)14-10(16-8)6-7-24(14,22)23/h2-5,13,16H,6-7H2,1H3,(H,18,19). The maximum absolute atomic E-state index is 12.5. The fourth-order valence-electron chi connectivity index (χ4n) is 3.25. The molecule has 1 aromatic carbocycles. The summed E-state index contributed by atoms with van der Waals surface area (Å²) in [6, 6.07) is 5.63. The van der Waals surface area contributed by atoms with Gasteiger partial charge in [0.2, 0.25) is 0 Å². The van der Waals surface area contributed by atoms with Gasteiger partial charge in [-0.15, -0.1) is 0 Å². The van der Waals surface area contributed by atoms with E-state index in [4.69, 9.17) is 0 Å². The third-order valence-electron chi connectivity index (χ3n) is 4.22. The van der Waals surface area contributed by atoms with Crippen LogP contribution in [-0.4, -0.2) is 30.2 Å². The zero-order valence-corrected chi connectivity index (χ0v) is 13.5. The van der Waals surface area contributed by atoms with E-state index in [1.807, 2.05) is 0 Å². The summed E-state index contributed by atoms with van der Waals surface area (Å²) in [6.45, 7) is 1.53. The molecule has 0 fully saturated rings. The minimum absolute atomic E-state index is 0.0683. The fraction of sp³-hybridized carbons (Fsp3) is 0.267. The second-order valence-corrected chi connectivity index (χ2v) is 7.71. The Morgan fingerprint density at radius 2 is 2.04 bits per heavy atom. The molecule has 1 aromatic rings. The molecule has 0 aliphatic carbocycles. The maximum Gasteiger partial charge on any atom is 0.334 e. The summed E-state index contributed by atoms with van der Waals surface area (Å²) in [5.74, 6) is -2.63. The van der Waals surface area contributed by atoms with E-state index in [1.54, 1.807) is 0 Å². The number of dihydropyridines is 1. The predicted molar refractivity (Wildman–Crippen MR) is 84.7 cm³/mol. The summed E-state index contributed by atoms with van der Waals surface area (Å²) in [6.07, 6.45) is 0.235. The highest BCUT2D eigenvalue weighted by molar-refractivity contribution is 7.95. The number of sulfone groups is 1. The molecule has 2 heterocycles. The Kier molecular flexibility index (Phi) is 3.67. The first kappa shape index (κ1) is 16.2. The zero-order chi connectivity index (χ0) is 17.6. The molecule has 24 heavy (non-hydrogen) atoms. The molecule has 2 aliphatic rings. The summed E-state index contributed by atoms with van der Waals surface area (Å²) in [5.41, 5.74) is 0.291. The number of carboxylic acids is 1. The molecule has 1 unspecified atom stereocenters. The summed E-state index contributed by atoms with van der Waals surface area (Å²) in [5, 5.41) is 23.8. The van der Waals surface area contributed by atoms with E-state index in [9.17, 15) is 28.4 Å². The summed E-state index contributed by atoms with van der Waals surface area (Å²) < 4.78 is 24.9. The van der Waals surface area contributed by atoms with Crippen molar-refractivity contribution in [1.82, 2.24) is 5.32 Å². The van der Waals surface area contributed by atoms with E-state index in [0.717, 1.165) is 0 Å². The van der Waals surface area contributed by atoms with Gasteiger partial charge in [-0.2, -0.15) is 0 Å². The van der Waals surface area contributed by atoms with Crippen molar-refractivity contribution in [2.75, 3.05) is 5.75 Å². The quantitative estimate of drug-likeness (QED) is 0.627. The largest absolute Gasteiger partial charge is 0.478 e. The Bertz CT molecular complexity index is 929. The van der Waals surface area contributed by atoms with Crippen molar-refractivity contribution in [3.8, 4) is 0 Å². The van der Waals surface area contributed by atoms with Crippen LogP contribution in [0.1, 0.15) is 24.8 Å². The molecule has 126 valence electrons. The second-order valence-electron chi connectivity index (χ2n) is 5.63. The van der Waals surface area contributed by atoms with Crippen LogP contribution in [0.15, 0.2) is 46.1 Å². The molecule has 0 saturated heterocycles. The van der Waals surface area contributed by atoms with Crippen LogP contribution in [-0.2, 0) is 14.6 Å². The number of allylic oxidation sites excluding steroid dienone is 3. The van der Waals surface area contributed by atoms with Crippen molar-refractivity contribution in [2.45, 2.75) is 19.3 Å². The molecule has 0 bridgehead atoms. The molecule has 9 heteroatoms. The normalized spacial score (nSPS) is 22.1. The predicted octanol–water partition coefficient (Wildman–Crippen LogP) is 1.67. The number of nitro benzene ring substituents is 1. The fourth-order valence-corrected chi connectivity index (χ4v) is 5.08. The monoisotopic (exact) mass is 350 g/mol. The van der Waals surface area contributed by atoms with E-state index in [-0.39, 0.29) is 33.9 Å². The van der Waals surface area contributed by atoms with Crippen LogP contribution in [0.2, 0.25) is 0 Å². The number of nitrogens with zero attached hydrogens (tertiary/aromatic N) is 1. The summed E-state index contributed by atoms with van der Waals surface area (Å²) >= 11 is 0. The van der Waals surface area contributed by atoms with Crippen LogP contribution in [0.25, 0.3) is 0 Å². The van der Waals surface area contributed by atoms with Crippen molar-refractivity contribution in [2.24, 2.45) is 0 Å². The van der Waals surface area contributed by atoms with Crippen LogP contribution >= 0.6 is 0 Å². The topological polar surface area (TPSA) is 127 Å². The molecule has 0 radical (unpaired) electrons. The molecule has 3 rings (SSSR count). The Hall–Kier alpha value is -2.68.